The van der Waals surface area contributed by atoms with E-state index < -0.39 is 17.7 Å². The van der Waals surface area contributed by atoms with Gasteiger partial charge in [-0.2, -0.15) is 0 Å². The minimum Gasteiger partial charge on any atom is -0.467 e. The van der Waals surface area contributed by atoms with Crippen molar-refractivity contribution in [2.75, 3.05) is 0 Å². The third kappa shape index (κ3) is 2.66. The maximum Gasteiger partial charge on any atom is 0.135 e. The zero-order chi connectivity index (χ0) is 14.8. The molecule has 6 heteroatoms. The molecule has 0 radical (unpaired) electrons. The third-order valence-corrected chi connectivity index (χ3v) is 3.03. The first-order valence-corrected chi connectivity index (χ1v) is 6.21. The van der Waals surface area contributed by atoms with Crippen LogP contribution < -0.4 is 5.73 Å². The van der Waals surface area contributed by atoms with Gasteiger partial charge in [-0.3, -0.25) is 4.98 Å². The van der Waals surface area contributed by atoms with Crippen molar-refractivity contribution in [1.29, 1.82) is 0 Å². The van der Waals surface area contributed by atoms with Crippen molar-refractivity contribution < 1.29 is 13.2 Å². The largest absolute Gasteiger partial charge is 0.467 e. The average molecular weight is 287 g/mol. The lowest BCUT2D eigenvalue weighted by Crippen LogP contribution is -2.13. The highest BCUT2D eigenvalue weighted by Gasteiger charge is 2.16. The molecule has 21 heavy (non-hydrogen) atoms. The van der Waals surface area contributed by atoms with Gasteiger partial charge in [0, 0.05) is 11.6 Å². The molecule has 0 aliphatic carbocycles. The van der Waals surface area contributed by atoms with E-state index in [1.54, 1.807) is 12.1 Å². The van der Waals surface area contributed by atoms with Crippen LogP contribution in [0, 0.1) is 11.6 Å². The van der Waals surface area contributed by atoms with Gasteiger partial charge >= 0.3 is 0 Å². The van der Waals surface area contributed by atoms with Gasteiger partial charge in [-0.15, -0.1) is 0 Å². The van der Waals surface area contributed by atoms with Crippen LogP contribution in [0.3, 0.4) is 0 Å². The van der Waals surface area contributed by atoms with E-state index in [0.29, 0.717) is 11.5 Å². The Balaban J connectivity index is 2.00. The molecule has 4 nitrogen and oxygen atoms in total. The third-order valence-electron chi connectivity index (χ3n) is 3.03. The van der Waals surface area contributed by atoms with E-state index in [2.05, 4.69) is 9.97 Å². The zero-order valence-electron chi connectivity index (χ0n) is 10.8. The Morgan fingerprint density at radius 2 is 2.00 bits per heavy atom. The fourth-order valence-corrected chi connectivity index (χ4v) is 1.97. The van der Waals surface area contributed by atoms with Crippen LogP contribution in [0.5, 0.6) is 0 Å². The summed E-state index contributed by atoms with van der Waals surface area (Å²) in [5.74, 6) is -0.818. The van der Waals surface area contributed by atoms with Gasteiger partial charge in [-0.25, -0.2) is 13.8 Å². The number of aromatic nitrogens is 2. The molecule has 1 aromatic carbocycles. The Bertz CT molecular complexity index is 759. The SMILES string of the molecule is NC(c1cncc(-c2ccc(F)cc2F)n1)c1ccco1. The number of hydrogen-bond acceptors (Lipinski definition) is 4. The highest BCUT2D eigenvalue weighted by Crippen LogP contribution is 2.24. The van der Waals surface area contributed by atoms with Crippen molar-refractivity contribution in [3.05, 3.63) is 72.1 Å². The van der Waals surface area contributed by atoms with Crippen LogP contribution in [0.4, 0.5) is 8.78 Å². The summed E-state index contributed by atoms with van der Waals surface area (Å²) in [7, 11) is 0. The summed E-state index contributed by atoms with van der Waals surface area (Å²) < 4.78 is 32.0. The molecule has 2 heterocycles. The van der Waals surface area contributed by atoms with E-state index in [1.807, 2.05) is 0 Å². The summed E-state index contributed by atoms with van der Waals surface area (Å²) >= 11 is 0. The van der Waals surface area contributed by atoms with Crippen LogP contribution in [-0.4, -0.2) is 9.97 Å². The molecule has 1 unspecified atom stereocenters. The van der Waals surface area contributed by atoms with Crippen molar-refractivity contribution in [1.82, 2.24) is 9.97 Å². The monoisotopic (exact) mass is 287 g/mol. The molecule has 106 valence electrons. The first kappa shape index (κ1) is 13.4. The Labute approximate surface area is 119 Å². The maximum atomic E-state index is 13.8. The highest BCUT2D eigenvalue weighted by molar-refractivity contribution is 5.59. The van der Waals surface area contributed by atoms with Crippen LogP contribution in [0.1, 0.15) is 17.5 Å². The summed E-state index contributed by atoms with van der Waals surface area (Å²) in [6, 6.07) is 6.12. The van der Waals surface area contributed by atoms with Crippen molar-refractivity contribution >= 4 is 0 Å². The van der Waals surface area contributed by atoms with E-state index in [9.17, 15) is 8.78 Å². The number of benzene rings is 1. The van der Waals surface area contributed by atoms with Crippen LogP contribution >= 0.6 is 0 Å². The standard InChI is InChI=1S/C15H11F2N3O/c16-9-3-4-10(11(17)6-9)12-7-19-8-13(20-12)15(18)14-2-1-5-21-14/h1-8,15H,18H2. The average Bonchev–Trinajstić information content (AvgIpc) is 3.01. The first-order chi connectivity index (χ1) is 10.1. The highest BCUT2D eigenvalue weighted by atomic mass is 19.1. The van der Waals surface area contributed by atoms with Gasteiger partial charge in [0.05, 0.1) is 30.0 Å². The van der Waals surface area contributed by atoms with Gasteiger partial charge in [0.2, 0.25) is 0 Å². The molecule has 0 saturated heterocycles. The van der Waals surface area contributed by atoms with Crippen molar-refractivity contribution in [3.8, 4) is 11.3 Å². The van der Waals surface area contributed by atoms with E-state index in [0.717, 1.165) is 6.07 Å². The number of nitrogens with two attached hydrogens (primary N) is 1. The molecule has 0 saturated carbocycles. The van der Waals surface area contributed by atoms with E-state index in [1.165, 1.54) is 30.8 Å². The first-order valence-electron chi connectivity index (χ1n) is 6.21. The lowest BCUT2D eigenvalue weighted by molar-refractivity contribution is 0.486. The van der Waals surface area contributed by atoms with Crippen LogP contribution in [-0.2, 0) is 0 Å². The summed E-state index contributed by atoms with van der Waals surface area (Å²) in [5.41, 5.74) is 6.90. The van der Waals surface area contributed by atoms with E-state index in [4.69, 9.17) is 10.2 Å². The fourth-order valence-electron chi connectivity index (χ4n) is 1.97. The van der Waals surface area contributed by atoms with Crippen LogP contribution in [0.15, 0.2) is 53.4 Å². The second-order valence-corrected chi connectivity index (χ2v) is 4.45. The normalized spacial score (nSPS) is 12.3. The Hall–Kier alpha value is -2.60. The lowest BCUT2D eigenvalue weighted by Gasteiger charge is -2.10. The summed E-state index contributed by atoms with van der Waals surface area (Å²) in [6.07, 6.45) is 4.39. The number of furan rings is 1. The Morgan fingerprint density at radius 3 is 2.71 bits per heavy atom. The van der Waals surface area contributed by atoms with Crippen molar-refractivity contribution in [2.45, 2.75) is 6.04 Å². The molecule has 3 aromatic rings. The fraction of sp³-hybridized carbons (Fsp3) is 0.0667. The molecular formula is C15H11F2N3O. The Kier molecular flexibility index (Phi) is 3.45. The van der Waals surface area contributed by atoms with Gasteiger partial charge in [-0.1, -0.05) is 0 Å². The van der Waals surface area contributed by atoms with Crippen LogP contribution in [0.2, 0.25) is 0 Å². The molecule has 0 amide bonds. The number of hydrogen-bond donors (Lipinski definition) is 1. The molecule has 3 rings (SSSR count). The molecule has 2 N–H and O–H groups in total. The molecule has 0 bridgehead atoms. The predicted octanol–water partition coefficient (Wildman–Crippen LogP) is 3.06. The predicted molar refractivity (Wildman–Crippen MR) is 72.1 cm³/mol. The summed E-state index contributed by atoms with van der Waals surface area (Å²) in [6.45, 7) is 0. The molecule has 0 aliphatic heterocycles. The van der Waals surface area contributed by atoms with E-state index in [-0.39, 0.29) is 11.3 Å². The molecule has 0 spiro atoms. The number of rotatable bonds is 3. The minimum atomic E-state index is -0.701. The van der Waals surface area contributed by atoms with Gasteiger partial charge < -0.3 is 10.2 Å². The van der Waals surface area contributed by atoms with Gasteiger partial charge in [0.25, 0.3) is 0 Å². The number of nitrogens with zero attached hydrogens (tertiary/aromatic N) is 2. The zero-order valence-corrected chi connectivity index (χ0v) is 10.8. The van der Waals surface area contributed by atoms with Gasteiger partial charge in [0.15, 0.2) is 0 Å². The molecular weight excluding hydrogens is 276 g/mol. The smallest absolute Gasteiger partial charge is 0.135 e. The molecule has 0 aliphatic rings. The van der Waals surface area contributed by atoms with Crippen LogP contribution in [0.25, 0.3) is 11.3 Å². The number of halogens is 2. The van der Waals surface area contributed by atoms with Gasteiger partial charge in [0.1, 0.15) is 23.4 Å². The second kappa shape index (κ2) is 5.41. The second-order valence-electron chi connectivity index (χ2n) is 4.45. The molecule has 0 fully saturated rings. The topological polar surface area (TPSA) is 64.9 Å². The molecule has 1 atom stereocenters. The summed E-state index contributed by atoms with van der Waals surface area (Å²) in [4.78, 5) is 8.29. The van der Waals surface area contributed by atoms with E-state index >= 15 is 0 Å². The minimum absolute atomic E-state index is 0.164. The van der Waals surface area contributed by atoms with Gasteiger partial charge in [-0.05, 0) is 24.3 Å². The summed E-state index contributed by atoms with van der Waals surface area (Å²) in [5, 5.41) is 0. The molecule has 2 aromatic heterocycles. The quantitative estimate of drug-likeness (QED) is 0.804. The van der Waals surface area contributed by atoms with Crippen molar-refractivity contribution in [3.63, 3.8) is 0 Å². The van der Waals surface area contributed by atoms with Crippen molar-refractivity contribution in [2.24, 2.45) is 5.73 Å². The lowest BCUT2D eigenvalue weighted by atomic mass is 10.1. The Morgan fingerprint density at radius 1 is 1.14 bits per heavy atom. The maximum absolute atomic E-state index is 13.8.